The first-order valence-electron chi connectivity index (χ1n) is 14.2. The fourth-order valence-electron chi connectivity index (χ4n) is 5.63. The predicted octanol–water partition coefficient (Wildman–Crippen LogP) is 5.71. The van der Waals surface area contributed by atoms with Crippen molar-refractivity contribution in [3.8, 4) is 28.8 Å². The molecule has 1 fully saturated rings. The lowest BCUT2D eigenvalue weighted by molar-refractivity contribution is -0.126. The van der Waals surface area contributed by atoms with Gasteiger partial charge < -0.3 is 24.8 Å². The second kappa shape index (κ2) is 12.8. The van der Waals surface area contributed by atoms with Crippen LogP contribution in [0.1, 0.15) is 47.8 Å². The highest BCUT2D eigenvalue weighted by atomic mass is 35.5. The smallest absolute Gasteiger partial charge is 0.247 e. The zero-order valence-electron chi connectivity index (χ0n) is 24.5. The minimum Gasteiger partial charge on any atom is -0.493 e. The number of pyridine rings is 1. The van der Waals surface area contributed by atoms with Gasteiger partial charge >= 0.3 is 0 Å². The number of likely N-dealkylation sites (tertiary alicyclic amines) is 1. The van der Waals surface area contributed by atoms with Gasteiger partial charge in [0.1, 0.15) is 0 Å². The van der Waals surface area contributed by atoms with Crippen LogP contribution in [0.15, 0.2) is 48.8 Å². The van der Waals surface area contributed by atoms with Crippen molar-refractivity contribution < 1.29 is 14.3 Å². The van der Waals surface area contributed by atoms with Gasteiger partial charge in [-0.2, -0.15) is 0 Å². The molecule has 218 valence electrons. The fraction of sp³-hybridized carbons (Fsp3) is 0.364. The molecule has 0 radical (unpaired) electrons. The summed E-state index contributed by atoms with van der Waals surface area (Å²) in [5.41, 5.74) is 5.15. The number of aromatic nitrogens is 2. The highest BCUT2D eigenvalue weighted by Gasteiger charge is 2.31. The molecule has 1 saturated heterocycles. The molecule has 9 heteroatoms. The van der Waals surface area contributed by atoms with E-state index in [0.29, 0.717) is 58.7 Å². The number of H-pyrrole nitrogens is 1. The number of halogens is 1. The lowest BCUT2D eigenvalue weighted by Crippen LogP contribution is -2.33. The maximum absolute atomic E-state index is 13.2. The van der Waals surface area contributed by atoms with Crippen molar-refractivity contribution in [2.75, 3.05) is 39.6 Å². The average molecular weight is 586 g/mol. The zero-order chi connectivity index (χ0) is 29.8. The molecule has 1 aliphatic carbocycles. The van der Waals surface area contributed by atoms with Gasteiger partial charge in [-0.15, -0.1) is 0 Å². The van der Waals surface area contributed by atoms with Crippen molar-refractivity contribution in [1.82, 2.24) is 19.8 Å². The van der Waals surface area contributed by atoms with Crippen LogP contribution in [0.25, 0.3) is 11.3 Å². The summed E-state index contributed by atoms with van der Waals surface area (Å²) in [6, 6.07) is 7.17. The first-order chi connectivity index (χ1) is 20.3. The van der Waals surface area contributed by atoms with E-state index in [9.17, 15) is 9.59 Å². The SMILES string of the molecule is COc1c(Cl)cccc1Nc1c(-c2ccncc2C#C[C@@H]2C[C@@H](C)CN2C(=O)/C=C/CN(C)C)[nH]c2c1C(=O)CCC2. The third kappa shape index (κ3) is 6.23. The van der Waals surface area contributed by atoms with Gasteiger partial charge in [0.15, 0.2) is 11.5 Å². The Morgan fingerprint density at radius 2 is 2.14 bits per heavy atom. The van der Waals surface area contributed by atoms with Crippen molar-refractivity contribution in [1.29, 1.82) is 0 Å². The lowest BCUT2D eigenvalue weighted by atomic mass is 9.94. The van der Waals surface area contributed by atoms with Crippen LogP contribution >= 0.6 is 11.6 Å². The van der Waals surface area contributed by atoms with Crippen LogP contribution < -0.4 is 10.1 Å². The van der Waals surface area contributed by atoms with E-state index in [2.05, 4.69) is 34.0 Å². The summed E-state index contributed by atoms with van der Waals surface area (Å²) >= 11 is 6.41. The molecule has 1 aliphatic heterocycles. The maximum Gasteiger partial charge on any atom is 0.247 e. The number of ketones is 1. The molecule has 2 aromatic heterocycles. The van der Waals surface area contributed by atoms with E-state index in [-0.39, 0.29) is 17.7 Å². The minimum atomic E-state index is -0.198. The number of fused-ring (bicyclic) bond motifs is 1. The highest BCUT2D eigenvalue weighted by Crippen LogP contribution is 2.42. The van der Waals surface area contributed by atoms with Crippen LogP contribution in [0.5, 0.6) is 5.75 Å². The van der Waals surface area contributed by atoms with E-state index < -0.39 is 0 Å². The Balaban J connectivity index is 1.53. The van der Waals surface area contributed by atoms with Gasteiger partial charge in [0, 0.05) is 49.2 Å². The van der Waals surface area contributed by atoms with Crippen molar-refractivity contribution >= 4 is 34.7 Å². The number of para-hydroxylation sites is 1. The maximum atomic E-state index is 13.2. The number of amides is 1. The van der Waals surface area contributed by atoms with Crippen LogP contribution in [-0.4, -0.2) is 71.8 Å². The van der Waals surface area contributed by atoms with Crippen molar-refractivity contribution in [2.24, 2.45) is 5.92 Å². The highest BCUT2D eigenvalue weighted by molar-refractivity contribution is 6.32. The Labute approximate surface area is 252 Å². The molecular formula is C33H36ClN5O3. The second-order valence-electron chi connectivity index (χ2n) is 11.2. The van der Waals surface area contributed by atoms with E-state index in [1.165, 1.54) is 0 Å². The molecular weight excluding hydrogens is 550 g/mol. The van der Waals surface area contributed by atoms with Gasteiger partial charge in [-0.05, 0) is 57.5 Å². The van der Waals surface area contributed by atoms with Crippen LogP contribution in [0.4, 0.5) is 11.4 Å². The quantitative estimate of drug-likeness (QED) is 0.273. The molecule has 3 aromatic rings. The number of aromatic amines is 1. The summed E-state index contributed by atoms with van der Waals surface area (Å²) in [4.78, 5) is 37.9. The third-order valence-electron chi connectivity index (χ3n) is 7.61. The van der Waals surface area contributed by atoms with Crippen molar-refractivity contribution in [3.63, 3.8) is 0 Å². The number of methoxy groups -OCH3 is 1. The molecule has 0 spiro atoms. The Morgan fingerprint density at radius 3 is 2.93 bits per heavy atom. The Bertz CT molecular complexity index is 1580. The summed E-state index contributed by atoms with van der Waals surface area (Å²) in [6.07, 6.45) is 9.83. The van der Waals surface area contributed by atoms with E-state index >= 15 is 0 Å². The number of ether oxygens (including phenoxy) is 1. The molecule has 2 atom stereocenters. The van der Waals surface area contributed by atoms with Gasteiger partial charge in [-0.1, -0.05) is 42.5 Å². The molecule has 2 aliphatic rings. The minimum absolute atomic E-state index is 0.0237. The number of hydrogen-bond acceptors (Lipinski definition) is 6. The number of aryl methyl sites for hydroxylation is 1. The topological polar surface area (TPSA) is 90.6 Å². The van der Waals surface area contributed by atoms with Gasteiger partial charge in [0.2, 0.25) is 5.91 Å². The van der Waals surface area contributed by atoms with Gasteiger partial charge in [0.25, 0.3) is 0 Å². The van der Waals surface area contributed by atoms with Gasteiger partial charge in [0.05, 0.1) is 46.4 Å². The van der Waals surface area contributed by atoms with Crippen molar-refractivity contribution in [2.45, 2.75) is 38.6 Å². The van der Waals surface area contributed by atoms with E-state index in [1.54, 1.807) is 31.6 Å². The van der Waals surface area contributed by atoms with E-state index in [0.717, 1.165) is 36.2 Å². The summed E-state index contributed by atoms with van der Waals surface area (Å²) < 4.78 is 5.57. The monoisotopic (exact) mass is 585 g/mol. The molecule has 1 aromatic carbocycles. The molecule has 3 heterocycles. The second-order valence-corrected chi connectivity index (χ2v) is 11.6. The molecule has 1 amide bonds. The Kier molecular flexibility index (Phi) is 9.00. The summed E-state index contributed by atoms with van der Waals surface area (Å²) in [6.45, 7) is 3.51. The van der Waals surface area contributed by atoms with Gasteiger partial charge in [-0.3, -0.25) is 14.6 Å². The number of carbonyl (C=O) groups is 2. The molecule has 5 rings (SSSR count). The largest absolute Gasteiger partial charge is 0.493 e. The number of likely N-dealkylation sites (N-methyl/N-ethyl adjacent to an activating group) is 1. The molecule has 0 saturated carbocycles. The summed E-state index contributed by atoms with van der Waals surface area (Å²) in [5, 5.41) is 3.92. The van der Waals surface area contributed by atoms with E-state index in [1.807, 2.05) is 48.2 Å². The van der Waals surface area contributed by atoms with Crippen LogP contribution in [0, 0.1) is 17.8 Å². The standard InChI is InChI=1S/C33H36ClN5O3/c1-21-18-23(39(20-21)29(41)12-7-17-38(2)3)14-13-22-19-35-16-15-24(22)31-32(30-26(36-31)9-6-11-28(30)40)37-27-10-5-8-25(34)33(27)42-4/h5,7-8,10,12,15-16,19,21,23,36-37H,6,9,11,17-18,20H2,1-4H3/b12-7+/t21-,23-/m1/s1. The predicted molar refractivity (Wildman–Crippen MR) is 166 cm³/mol. The number of nitrogens with one attached hydrogen (secondary N) is 2. The zero-order valence-corrected chi connectivity index (χ0v) is 25.2. The Hall–Kier alpha value is -4.06. The van der Waals surface area contributed by atoms with Crippen LogP contribution in [0.2, 0.25) is 5.02 Å². The first-order valence-corrected chi connectivity index (χ1v) is 14.6. The van der Waals surface area contributed by atoms with Crippen LogP contribution in [-0.2, 0) is 11.2 Å². The number of rotatable bonds is 7. The molecule has 0 unspecified atom stereocenters. The number of Topliss-reactive ketones (excluding diaryl/α,β-unsaturated/α-hetero) is 1. The average Bonchev–Trinajstić information content (AvgIpc) is 3.52. The fourth-order valence-corrected chi connectivity index (χ4v) is 5.89. The number of nitrogens with zero attached hydrogens (tertiary/aromatic N) is 3. The molecule has 8 nitrogen and oxygen atoms in total. The van der Waals surface area contributed by atoms with Crippen molar-refractivity contribution in [3.05, 3.63) is 70.7 Å². The van der Waals surface area contributed by atoms with Gasteiger partial charge in [-0.25, -0.2) is 0 Å². The molecule has 42 heavy (non-hydrogen) atoms. The lowest BCUT2D eigenvalue weighted by Gasteiger charge is -2.19. The Morgan fingerprint density at radius 1 is 1.31 bits per heavy atom. The molecule has 2 N–H and O–H groups in total. The number of anilines is 2. The third-order valence-corrected chi connectivity index (χ3v) is 7.90. The normalized spacial score (nSPS) is 18.2. The number of hydrogen-bond donors (Lipinski definition) is 2. The van der Waals surface area contributed by atoms with E-state index in [4.69, 9.17) is 16.3 Å². The summed E-state index contributed by atoms with van der Waals surface area (Å²) in [5.74, 6) is 7.61. The molecule has 0 bridgehead atoms. The number of carbonyl (C=O) groups excluding carboxylic acids is 2. The summed E-state index contributed by atoms with van der Waals surface area (Å²) in [7, 11) is 5.50. The first kappa shape index (κ1) is 29.4. The number of benzene rings is 1. The van der Waals surface area contributed by atoms with Crippen LogP contribution in [0.3, 0.4) is 0 Å².